The zero-order valence-electron chi connectivity index (χ0n) is 13.1. The number of rotatable bonds is 3. The molecule has 122 valence electrons. The average molecular weight is 317 g/mol. The van der Waals surface area contributed by atoms with Crippen LogP contribution in [0.25, 0.3) is 11.1 Å². The molecule has 1 aromatic heterocycles. The number of carbonyl (C=O) groups is 2. The molecule has 0 radical (unpaired) electrons. The second-order valence-electron chi connectivity index (χ2n) is 6.13. The molecule has 2 heterocycles. The van der Waals surface area contributed by atoms with Crippen molar-refractivity contribution in [3.05, 3.63) is 34.3 Å². The molecule has 2 amide bonds. The number of carbonyl (C=O) groups excluding carboxylic acids is 2. The Morgan fingerprint density at radius 2 is 2.17 bits per heavy atom. The van der Waals surface area contributed by atoms with Crippen molar-refractivity contribution < 1.29 is 14.0 Å². The summed E-state index contributed by atoms with van der Waals surface area (Å²) in [5.74, 6) is -0.724. The van der Waals surface area contributed by atoms with E-state index in [-0.39, 0.29) is 17.7 Å². The number of nitrogens with one attached hydrogen (secondary N) is 2. The lowest BCUT2D eigenvalue weighted by molar-refractivity contribution is -0.128. The Morgan fingerprint density at radius 1 is 1.39 bits per heavy atom. The van der Waals surface area contributed by atoms with Gasteiger partial charge in [0.2, 0.25) is 5.91 Å². The lowest BCUT2D eigenvalue weighted by atomic mass is 9.99. The number of oxazole rings is 1. The van der Waals surface area contributed by atoms with Crippen LogP contribution in [0.4, 0.5) is 0 Å². The maximum atomic E-state index is 12.9. The average Bonchev–Trinajstić information content (AvgIpc) is 2.88. The zero-order chi connectivity index (χ0) is 16.6. The third-order valence-electron chi connectivity index (χ3n) is 3.97. The fourth-order valence-electron chi connectivity index (χ4n) is 2.94. The highest BCUT2D eigenvalue weighted by Crippen LogP contribution is 2.21. The summed E-state index contributed by atoms with van der Waals surface area (Å²) in [4.78, 5) is 40.6. The van der Waals surface area contributed by atoms with Gasteiger partial charge in [-0.05, 0) is 24.5 Å². The van der Waals surface area contributed by atoms with Gasteiger partial charge < -0.3 is 14.6 Å². The van der Waals surface area contributed by atoms with Crippen molar-refractivity contribution >= 4 is 22.9 Å². The number of H-pyrrole nitrogens is 1. The van der Waals surface area contributed by atoms with Gasteiger partial charge in [-0.15, -0.1) is 0 Å². The molecule has 1 aliphatic heterocycles. The van der Waals surface area contributed by atoms with Gasteiger partial charge in [-0.1, -0.05) is 19.9 Å². The van der Waals surface area contributed by atoms with Crippen molar-refractivity contribution in [2.24, 2.45) is 5.92 Å². The third-order valence-corrected chi connectivity index (χ3v) is 3.97. The van der Waals surface area contributed by atoms with E-state index in [9.17, 15) is 14.4 Å². The van der Waals surface area contributed by atoms with Gasteiger partial charge in [0.1, 0.15) is 6.04 Å². The van der Waals surface area contributed by atoms with Crippen LogP contribution in [0, 0.1) is 5.92 Å². The summed E-state index contributed by atoms with van der Waals surface area (Å²) in [5.41, 5.74) is 1.05. The van der Waals surface area contributed by atoms with E-state index in [0.29, 0.717) is 36.2 Å². The van der Waals surface area contributed by atoms with Crippen LogP contribution in [0.3, 0.4) is 0 Å². The van der Waals surface area contributed by atoms with Gasteiger partial charge in [-0.2, -0.15) is 0 Å². The highest BCUT2D eigenvalue weighted by atomic mass is 16.4. The van der Waals surface area contributed by atoms with Crippen molar-refractivity contribution in [2.45, 2.75) is 26.3 Å². The topological polar surface area (TPSA) is 95.4 Å². The van der Waals surface area contributed by atoms with Gasteiger partial charge in [0.25, 0.3) is 5.91 Å². The van der Waals surface area contributed by atoms with Crippen LogP contribution in [0.5, 0.6) is 0 Å². The first kappa shape index (κ1) is 15.3. The molecule has 2 aromatic rings. The quantitative estimate of drug-likeness (QED) is 0.886. The van der Waals surface area contributed by atoms with E-state index in [0.717, 1.165) is 0 Å². The van der Waals surface area contributed by atoms with Crippen molar-refractivity contribution in [1.29, 1.82) is 0 Å². The Hall–Kier alpha value is -2.57. The molecule has 0 spiro atoms. The largest absolute Gasteiger partial charge is 0.417 e. The Morgan fingerprint density at radius 3 is 2.91 bits per heavy atom. The van der Waals surface area contributed by atoms with Gasteiger partial charge in [0.15, 0.2) is 5.58 Å². The molecule has 1 aromatic carbocycles. The summed E-state index contributed by atoms with van der Waals surface area (Å²) in [7, 11) is 0. The second kappa shape index (κ2) is 5.91. The molecular weight excluding hydrogens is 298 g/mol. The Kier molecular flexibility index (Phi) is 3.94. The molecule has 23 heavy (non-hydrogen) atoms. The van der Waals surface area contributed by atoms with Crippen molar-refractivity contribution in [1.82, 2.24) is 15.2 Å². The van der Waals surface area contributed by atoms with Crippen LogP contribution >= 0.6 is 0 Å². The Bertz CT molecular complexity index is 805. The number of aromatic amines is 1. The maximum Gasteiger partial charge on any atom is 0.417 e. The number of fused-ring (bicyclic) bond motifs is 1. The summed E-state index contributed by atoms with van der Waals surface area (Å²) in [6.07, 6.45) is 0.593. The van der Waals surface area contributed by atoms with Crippen molar-refractivity contribution in [3.63, 3.8) is 0 Å². The summed E-state index contributed by atoms with van der Waals surface area (Å²) in [6, 6.07) is 4.42. The minimum absolute atomic E-state index is 0.133. The molecule has 1 unspecified atom stereocenters. The summed E-state index contributed by atoms with van der Waals surface area (Å²) in [6.45, 7) is 4.90. The normalized spacial score (nSPS) is 18.5. The van der Waals surface area contributed by atoms with E-state index in [1.54, 1.807) is 23.1 Å². The van der Waals surface area contributed by atoms with Crippen molar-refractivity contribution in [3.8, 4) is 0 Å². The number of nitrogens with zero attached hydrogens (tertiary/aromatic N) is 1. The maximum absolute atomic E-state index is 12.9. The summed E-state index contributed by atoms with van der Waals surface area (Å²) < 4.78 is 5.00. The molecule has 3 rings (SSSR count). The second-order valence-corrected chi connectivity index (χ2v) is 6.13. The van der Waals surface area contributed by atoms with Gasteiger partial charge >= 0.3 is 5.76 Å². The molecule has 0 aliphatic carbocycles. The standard InChI is InChI=1S/C16H19N3O4/c1-9(2)8-11-14(20)17-6-7-19(11)15(21)10-4-3-5-12-13(10)18-16(22)23-12/h3-5,9,11H,6-8H2,1-2H3,(H,17,20)(H,18,22). The number of amides is 2. The number of hydrogen-bond acceptors (Lipinski definition) is 4. The molecule has 1 fully saturated rings. The molecular formula is C16H19N3O4. The Balaban J connectivity index is 1.99. The highest BCUT2D eigenvalue weighted by Gasteiger charge is 2.34. The predicted octanol–water partition coefficient (Wildman–Crippen LogP) is 1.11. The van der Waals surface area contributed by atoms with Crippen LogP contribution in [-0.2, 0) is 4.79 Å². The minimum atomic E-state index is -0.602. The fourth-order valence-corrected chi connectivity index (χ4v) is 2.94. The third kappa shape index (κ3) is 2.86. The zero-order valence-corrected chi connectivity index (χ0v) is 13.1. The van der Waals surface area contributed by atoms with Crippen LogP contribution in [0.15, 0.2) is 27.4 Å². The smallest absolute Gasteiger partial charge is 0.408 e. The molecule has 7 heteroatoms. The van der Waals surface area contributed by atoms with Gasteiger partial charge in [-0.25, -0.2) is 4.79 Å². The van der Waals surface area contributed by atoms with E-state index < -0.39 is 11.8 Å². The van der Waals surface area contributed by atoms with E-state index >= 15 is 0 Å². The first-order valence-corrected chi connectivity index (χ1v) is 7.68. The van der Waals surface area contributed by atoms with Crippen LogP contribution in [0.1, 0.15) is 30.6 Å². The highest BCUT2D eigenvalue weighted by molar-refractivity contribution is 6.06. The van der Waals surface area contributed by atoms with Crippen molar-refractivity contribution in [2.75, 3.05) is 13.1 Å². The lowest BCUT2D eigenvalue weighted by Gasteiger charge is -2.36. The minimum Gasteiger partial charge on any atom is -0.408 e. The summed E-state index contributed by atoms with van der Waals surface area (Å²) >= 11 is 0. The van der Waals surface area contributed by atoms with Crippen LogP contribution < -0.4 is 11.1 Å². The first-order valence-electron chi connectivity index (χ1n) is 7.68. The van der Waals surface area contributed by atoms with Gasteiger partial charge in [0, 0.05) is 13.1 Å². The Labute approximate surface area is 132 Å². The fraction of sp³-hybridized carbons (Fsp3) is 0.438. The number of benzene rings is 1. The number of piperazine rings is 1. The molecule has 7 nitrogen and oxygen atoms in total. The molecule has 1 atom stereocenters. The first-order chi connectivity index (χ1) is 11.0. The molecule has 1 aliphatic rings. The van der Waals surface area contributed by atoms with Gasteiger partial charge in [0.05, 0.1) is 11.1 Å². The predicted molar refractivity (Wildman–Crippen MR) is 84.1 cm³/mol. The molecule has 0 saturated carbocycles. The van der Waals surface area contributed by atoms with Gasteiger partial charge in [-0.3, -0.25) is 14.6 Å². The van der Waals surface area contributed by atoms with Crippen LogP contribution in [0.2, 0.25) is 0 Å². The lowest BCUT2D eigenvalue weighted by Crippen LogP contribution is -2.57. The molecule has 2 N–H and O–H groups in total. The molecule has 1 saturated heterocycles. The van der Waals surface area contributed by atoms with E-state index in [1.165, 1.54) is 0 Å². The van der Waals surface area contributed by atoms with Crippen LogP contribution in [-0.4, -0.2) is 40.8 Å². The number of hydrogen-bond donors (Lipinski definition) is 2. The monoisotopic (exact) mass is 317 g/mol. The number of aromatic nitrogens is 1. The SMILES string of the molecule is CC(C)CC1C(=O)NCCN1C(=O)c1cccc2oc(=O)[nH]c12. The number of para-hydroxylation sites is 1. The van der Waals surface area contributed by atoms with E-state index in [1.807, 2.05) is 13.8 Å². The molecule has 0 bridgehead atoms. The van der Waals surface area contributed by atoms with E-state index in [4.69, 9.17) is 4.42 Å². The van der Waals surface area contributed by atoms with E-state index in [2.05, 4.69) is 10.3 Å². The summed E-state index contributed by atoms with van der Waals surface area (Å²) in [5, 5.41) is 2.81.